The lowest BCUT2D eigenvalue weighted by atomic mass is 9.65. The number of rotatable bonds is 3. The number of likely N-dealkylation sites (tertiary alicyclic amines) is 1. The van der Waals surface area contributed by atoms with Gasteiger partial charge in [-0.15, -0.1) is 0 Å². The van der Waals surface area contributed by atoms with E-state index in [1.807, 2.05) is 0 Å². The molecule has 0 amide bonds. The largest absolute Gasteiger partial charge is 0.300 e. The molecule has 1 aliphatic heterocycles. The fraction of sp³-hybridized carbons (Fsp3) is 0.588. The summed E-state index contributed by atoms with van der Waals surface area (Å²) in [6.45, 7) is 5.48. The van der Waals surface area contributed by atoms with Gasteiger partial charge >= 0.3 is 0 Å². The van der Waals surface area contributed by atoms with Crippen molar-refractivity contribution in [2.45, 2.75) is 39.2 Å². The van der Waals surface area contributed by atoms with Crippen LogP contribution in [0.1, 0.15) is 38.2 Å². The lowest BCUT2D eigenvalue weighted by molar-refractivity contribution is -0.130. The average molecular weight is 257 g/mol. The number of benzene rings is 1. The first-order valence-electron chi connectivity index (χ1n) is 7.47. The van der Waals surface area contributed by atoms with Crippen molar-refractivity contribution in [2.75, 3.05) is 13.1 Å². The van der Waals surface area contributed by atoms with Crippen LogP contribution < -0.4 is 0 Å². The van der Waals surface area contributed by atoms with Gasteiger partial charge in [-0.2, -0.15) is 0 Å². The molecule has 1 aromatic carbocycles. The Balaban J connectivity index is 1.73. The third-order valence-corrected chi connectivity index (χ3v) is 4.88. The molecule has 0 aromatic heterocycles. The second kappa shape index (κ2) is 5.09. The topological polar surface area (TPSA) is 20.3 Å². The van der Waals surface area contributed by atoms with Crippen LogP contribution in [0.25, 0.3) is 0 Å². The number of hydrogen-bond donors (Lipinski definition) is 0. The number of ketones is 1. The Morgan fingerprint density at radius 3 is 2.84 bits per heavy atom. The SMILES string of the molecule is CCC12CC(=O)CC(CN(Cc3ccccc3)C1)C2. The number of carbonyl (C=O) groups excluding carboxylic acids is 1. The van der Waals surface area contributed by atoms with Crippen molar-refractivity contribution in [2.24, 2.45) is 11.3 Å². The molecule has 2 aliphatic rings. The highest BCUT2D eigenvalue weighted by molar-refractivity contribution is 5.80. The highest BCUT2D eigenvalue weighted by atomic mass is 16.1. The van der Waals surface area contributed by atoms with E-state index in [0.717, 1.165) is 38.9 Å². The van der Waals surface area contributed by atoms with Crippen molar-refractivity contribution in [1.29, 1.82) is 0 Å². The van der Waals surface area contributed by atoms with Gasteiger partial charge in [0.1, 0.15) is 5.78 Å². The monoisotopic (exact) mass is 257 g/mol. The molecule has 19 heavy (non-hydrogen) atoms. The number of nitrogens with zero attached hydrogens (tertiary/aromatic N) is 1. The first kappa shape index (κ1) is 12.9. The van der Waals surface area contributed by atoms with Crippen molar-refractivity contribution < 1.29 is 4.79 Å². The molecule has 102 valence electrons. The molecule has 1 saturated heterocycles. The predicted molar refractivity (Wildman–Crippen MR) is 76.8 cm³/mol. The van der Waals surface area contributed by atoms with Gasteiger partial charge in [-0.25, -0.2) is 0 Å². The molecule has 1 aliphatic carbocycles. The van der Waals surface area contributed by atoms with Crippen molar-refractivity contribution >= 4 is 5.78 Å². The van der Waals surface area contributed by atoms with E-state index in [1.165, 1.54) is 12.0 Å². The summed E-state index contributed by atoms with van der Waals surface area (Å²) in [5.41, 5.74) is 1.66. The second-order valence-corrected chi connectivity index (χ2v) is 6.50. The molecular formula is C17H23NO. The van der Waals surface area contributed by atoms with Gasteiger partial charge in [0, 0.05) is 32.5 Å². The minimum atomic E-state index is 0.271. The van der Waals surface area contributed by atoms with Crippen LogP contribution in [0.2, 0.25) is 0 Å². The molecule has 2 unspecified atom stereocenters. The summed E-state index contributed by atoms with van der Waals surface area (Å²) in [6, 6.07) is 10.7. The molecule has 1 heterocycles. The Hall–Kier alpha value is -1.15. The van der Waals surface area contributed by atoms with E-state index < -0.39 is 0 Å². The molecule has 0 N–H and O–H groups in total. The van der Waals surface area contributed by atoms with Crippen molar-refractivity contribution in [1.82, 2.24) is 4.90 Å². The van der Waals surface area contributed by atoms with Crippen LogP contribution in [0.3, 0.4) is 0 Å². The van der Waals surface area contributed by atoms with E-state index in [4.69, 9.17) is 0 Å². The Labute approximate surface area is 115 Å². The van der Waals surface area contributed by atoms with Gasteiger partial charge in [0.15, 0.2) is 0 Å². The first-order chi connectivity index (χ1) is 9.19. The predicted octanol–water partition coefficient (Wildman–Crippen LogP) is 3.27. The van der Waals surface area contributed by atoms with Gasteiger partial charge in [-0.3, -0.25) is 9.69 Å². The highest BCUT2D eigenvalue weighted by Crippen LogP contribution is 2.45. The lowest BCUT2D eigenvalue weighted by Gasteiger charge is -2.49. The van der Waals surface area contributed by atoms with Crippen LogP contribution in [-0.4, -0.2) is 23.8 Å². The lowest BCUT2D eigenvalue weighted by Crippen LogP contribution is -2.51. The number of piperidine rings is 1. The number of carbonyl (C=O) groups is 1. The third kappa shape index (κ3) is 2.74. The summed E-state index contributed by atoms with van der Waals surface area (Å²) in [4.78, 5) is 14.5. The van der Waals surface area contributed by atoms with Gasteiger partial charge in [0.25, 0.3) is 0 Å². The third-order valence-electron chi connectivity index (χ3n) is 4.88. The maximum atomic E-state index is 11.9. The summed E-state index contributed by atoms with van der Waals surface area (Å²) in [6.07, 6.45) is 4.03. The number of hydrogen-bond acceptors (Lipinski definition) is 2. The molecule has 2 heteroatoms. The number of Topliss-reactive ketones (excluding diaryl/α,β-unsaturated/α-hetero) is 1. The molecule has 0 radical (unpaired) electrons. The van der Waals surface area contributed by atoms with Crippen LogP contribution in [0, 0.1) is 11.3 Å². The van der Waals surface area contributed by atoms with E-state index in [9.17, 15) is 4.79 Å². The minimum Gasteiger partial charge on any atom is -0.300 e. The van der Waals surface area contributed by atoms with E-state index in [1.54, 1.807) is 0 Å². The van der Waals surface area contributed by atoms with Gasteiger partial charge in [0.05, 0.1) is 0 Å². The van der Waals surface area contributed by atoms with Crippen molar-refractivity contribution in [3.05, 3.63) is 35.9 Å². The minimum absolute atomic E-state index is 0.271. The summed E-state index contributed by atoms with van der Waals surface area (Å²) in [5.74, 6) is 1.09. The van der Waals surface area contributed by atoms with E-state index in [-0.39, 0.29) is 5.41 Å². The van der Waals surface area contributed by atoms with Gasteiger partial charge < -0.3 is 0 Å². The molecule has 2 nitrogen and oxygen atoms in total. The first-order valence-corrected chi connectivity index (χ1v) is 7.47. The summed E-state index contributed by atoms with van der Waals surface area (Å²) >= 11 is 0. The van der Waals surface area contributed by atoms with Gasteiger partial charge in [0.2, 0.25) is 0 Å². The summed E-state index contributed by atoms with van der Waals surface area (Å²) < 4.78 is 0. The molecule has 0 spiro atoms. The van der Waals surface area contributed by atoms with Crippen LogP contribution in [0.5, 0.6) is 0 Å². The Morgan fingerprint density at radius 1 is 1.32 bits per heavy atom. The molecule has 2 fully saturated rings. The normalized spacial score (nSPS) is 31.4. The van der Waals surface area contributed by atoms with Crippen LogP contribution in [0.15, 0.2) is 30.3 Å². The van der Waals surface area contributed by atoms with Crippen molar-refractivity contribution in [3.8, 4) is 0 Å². The molecule has 2 bridgehead atoms. The smallest absolute Gasteiger partial charge is 0.133 e. The molecule has 1 aromatic rings. The quantitative estimate of drug-likeness (QED) is 0.828. The molecule has 1 saturated carbocycles. The Kier molecular flexibility index (Phi) is 3.44. The fourth-order valence-corrected chi connectivity index (χ4v) is 4.07. The maximum Gasteiger partial charge on any atom is 0.133 e. The number of fused-ring (bicyclic) bond motifs is 2. The Morgan fingerprint density at radius 2 is 2.11 bits per heavy atom. The van der Waals surface area contributed by atoms with Crippen LogP contribution in [-0.2, 0) is 11.3 Å². The molecule has 3 rings (SSSR count). The average Bonchev–Trinajstić information content (AvgIpc) is 2.38. The van der Waals surface area contributed by atoms with Crippen LogP contribution >= 0.6 is 0 Å². The summed E-state index contributed by atoms with van der Waals surface area (Å²) in [7, 11) is 0. The molecule has 2 atom stereocenters. The van der Waals surface area contributed by atoms with E-state index in [2.05, 4.69) is 42.2 Å². The van der Waals surface area contributed by atoms with Gasteiger partial charge in [-0.05, 0) is 29.7 Å². The second-order valence-electron chi connectivity index (χ2n) is 6.50. The highest BCUT2D eigenvalue weighted by Gasteiger charge is 2.43. The fourth-order valence-electron chi connectivity index (χ4n) is 4.07. The zero-order chi connectivity index (χ0) is 13.3. The van der Waals surface area contributed by atoms with Gasteiger partial charge in [-0.1, -0.05) is 37.3 Å². The standard InChI is InChI=1S/C17H23NO/c1-2-17-9-15(8-16(19)10-17)12-18(13-17)11-14-6-4-3-5-7-14/h3-7,15H,2,8-13H2,1H3. The summed E-state index contributed by atoms with van der Waals surface area (Å²) in [5, 5.41) is 0. The zero-order valence-corrected chi connectivity index (χ0v) is 11.8. The van der Waals surface area contributed by atoms with E-state index >= 15 is 0 Å². The maximum absolute atomic E-state index is 11.9. The zero-order valence-electron chi connectivity index (χ0n) is 11.8. The Bertz CT molecular complexity index is 456. The van der Waals surface area contributed by atoms with Crippen molar-refractivity contribution in [3.63, 3.8) is 0 Å². The molecular weight excluding hydrogens is 234 g/mol. The van der Waals surface area contributed by atoms with E-state index in [0.29, 0.717) is 11.7 Å². The van der Waals surface area contributed by atoms with Crippen LogP contribution in [0.4, 0.5) is 0 Å².